The van der Waals surface area contributed by atoms with E-state index in [1.54, 1.807) is 0 Å². The molecular weight excluding hydrogens is 206 g/mol. The lowest BCUT2D eigenvalue weighted by atomic mass is 9.69. The maximum Gasteiger partial charge on any atom is 0.0273 e. The molecule has 1 heteroatoms. The van der Waals surface area contributed by atoms with E-state index in [0.29, 0.717) is 11.3 Å². The topological polar surface area (TPSA) is 12.4 Å². The third-order valence-corrected chi connectivity index (χ3v) is 4.60. The minimum atomic E-state index is 0.366. The first kappa shape index (κ1) is 16.7. The molecule has 102 valence electrons. The molecular formula is C16H33N. The van der Waals surface area contributed by atoms with Gasteiger partial charge in [-0.05, 0) is 23.7 Å². The molecule has 0 aliphatic rings. The maximum absolute atomic E-state index is 4.31. The van der Waals surface area contributed by atoms with E-state index >= 15 is 0 Å². The van der Waals surface area contributed by atoms with Gasteiger partial charge in [-0.25, -0.2) is 0 Å². The average Bonchev–Trinajstić information content (AvgIpc) is 2.32. The molecule has 17 heavy (non-hydrogen) atoms. The van der Waals surface area contributed by atoms with Crippen LogP contribution >= 0.6 is 0 Å². The summed E-state index contributed by atoms with van der Waals surface area (Å²) in [6.07, 6.45) is 7.37. The van der Waals surface area contributed by atoms with Crippen LogP contribution in [-0.4, -0.2) is 13.3 Å². The summed E-state index contributed by atoms with van der Waals surface area (Å²) in [6.45, 7) is 14.1. The standard InChI is InChI=1S/C16H33N/c1-8-14(9-2)11-13(4)15(12-17-7)16(5,6)10-3/h12-15H,8-11H2,1-7H3/t13?,15-/m1/s1. The number of rotatable bonds is 8. The van der Waals surface area contributed by atoms with Crippen LogP contribution in [-0.2, 0) is 0 Å². The van der Waals surface area contributed by atoms with Gasteiger partial charge in [-0.3, -0.25) is 0 Å². The van der Waals surface area contributed by atoms with Gasteiger partial charge in [0.1, 0.15) is 0 Å². The predicted octanol–water partition coefficient (Wildman–Crippen LogP) is 5.20. The van der Waals surface area contributed by atoms with Crippen molar-refractivity contribution in [2.45, 2.75) is 67.2 Å². The van der Waals surface area contributed by atoms with Crippen LogP contribution in [0.5, 0.6) is 0 Å². The number of nitrogens with zero attached hydrogens (tertiary/aromatic N) is 1. The first-order valence-electron chi connectivity index (χ1n) is 7.35. The second kappa shape index (κ2) is 7.89. The maximum atomic E-state index is 4.31. The highest BCUT2D eigenvalue weighted by Crippen LogP contribution is 2.37. The zero-order chi connectivity index (χ0) is 13.5. The van der Waals surface area contributed by atoms with Crippen molar-refractivity contribution in [1.29, 1.82) is 0 Å². The SMILES string of the molecule is CCC(CC)CC(C)[C@@H](C=NC)C(C)(C)CC. The van der Waals surface area contributed by atoms with E-state index in [1.807, 2.05) is 7.05 Å². The lowest BCUT2D eigenvalue weighted by Gasteiger charge is -2.36. The molecule has 0 radical (unpaired) electrons. The minimum absolute atomic E-state index is 0.366. The van der Waals surface area contributed by atoms with E-state index in [0.717, 1.165) is 11.8 Å². The van der Waals surface area contributed by atoms with Crippen molar-refractivity contribution in [1.82, 2.24) is 0 Å². The normalized spacial score (nSPS) is 16.7. The molecule has 0 amide bonds. The summed E-state index contributed by atoms with van der Waals surface area (Å²) in [5.41, 5.74) is 0.366. The Morgan fingerprint density at radius 2 is 1.65 bits per heavy atom. The first-order chi connectivity index (χ1) is 7.92. The molecule has 0 saturated carbocycles. The minimum Gasteiger partial charge on any atom is -0.301 e. The van der Waals surface area contributed by atoms with E-state index in [2.05, 4.69) is 52.7 Å². The summed E-state index contributed by atoms with van der Waals surface area (Å²) in [7, 11) is 1.91. The molecule has 0 aliphatic carbocycles. The second-order valence-corrected chi connectivity index (χ2v) is 6.17. The highest BCUT2D eigenvalue weighted by molar-refractivity contribution is 5.62. The Morgan fingerprint density at radius 3 is 2.00 bits per heavy atom. The zero-order valence-electron chi connectivity index (χ0n) is 13.1. The molecule has 1 nitrogen and oxygen atoms in total. The Bertz CT molecular complexity index is 214. The van der Waals surface area contributed by atoms with Crippen molar-refractivity contribution in [3.8, 4) is 0 Å². The quantitative estimate of drug-likeness (QED) is 0.516. The fourth-order valence-electron chi connectivity index (χ4n) is 2.81. The Labute approximate surface area is 109 Å². The third-order valence-electron chi connectivity index (χ3n) is 4.60. The summed E-state index contributed by atoms with van der Waals surface area (Å²) in [4.78, 5) is 4.31. The number of aliphatic imine (C=N–C) groups is 1. The summed E-state index contributed by atoms with van der Waals surface area (Å²) in [6, 6.07) is 0. The molecule has 0 saturated heterocycles. The summed E-state index contributed by atoms with van der Waals surface area (Å²) in [5, 5.41) is 0. The molecule has 0 fully saturated rings. The van der Waals surface area contributed by atoms with Crippen molar-refractivity contribution in [2.75, 3.05) is 7.05 Å². The molecule has 0 bridgehead atoms. The van der Waals surface area contributed by atoms with E-state index in [1.165, 1.54) is 25.7 Å². The third kappa shape index (κ3) is 5.23. The van der Waals surface area contributed by atoms with Gasteiger partial charge in [-0.2, -0.15) is 0 Å². The highest BCUT2D eigenvalue weighted by Gasteiger charge is 2.31. The van der Waals surface area contributed by atoms with Crippen molar-refractivity contribution in [2.24, 2.45) is 28.2 Å². The summed E-state index contributed by atoms with van der Waals surface area (Å²) >= 11 is 0. The van der Waals surface area contributed by atoms with Crippen molar-refractivity contribution in [3.05, 3.63) is 0 Å². The molecule has 0 heterocycles. The molecule has 0 aromatic heterocycles. The van der Waals surface area contributed by atoms with Gasteiger partial charge >= 0.3 is 0 Å². The molecule has 0 N–H and O–H groups in total. The van der Waals surface area contributed by atoms with Gasteiger partial charge in [0, 0.05) is 19.2 Å². The lowest BCUT2D eigenvalue weighted by molar-refractivity contribution is 0.183. The summed E-state index contributed by atoms with van der Waals surface area (Å²) in [5.74, 6) is 2.22. The Morgan fingerprint density at radius 1 is 1.12 bits per heavy atom. The predicted molar refractivity (Wildman–Crippen MR) is 79.8 cm³/mol. The highest BCUT2D eigenvalue weighted by atomic mass is 14.7. The van der Waals surface area contributed by atoms with Crippen LogP contribution in [0.15, 0.2) is 4.99 Å². The molecule has 0 rings (SSSR count). The van der Waals surface area contributed by atoms with Gasteiger partial charge in [0.05, 0.1) is 0 Å². The molecule has 0 aromatic carbocycles. The van der Waals surface area contributed by atoms with E-state index in [9.17, 15) is 0 Å². The zero-order valence-corrected chi connectivity index (χ0v) is 13.1. The number of hydrogen-bond donors (Lipinski definition) is 0. The van der Waals surface area contributed by atoms with Crippen LogP contribution in [0.25, 0.3) is 0 Å². The Balaban J connectivity index is 4.71. The van der Waals surface area contributed by atoms with Gasteiger partial charge in [-0.15, -0.1) is 0 Å². The van der Waals surface area contributed by atoms with Crippen molar-refractivity contribution < 1.29 is 0 Å². The monoisotopic (exact) mass is 239 g/mol. The lowest BCUT2D eigenvalue weighted by Crippen LogP contribution is -2.31. The molecule has 2 atom stereocenters. The Hall–Kier alpha value is -0.330. The van der Waals surface area contributed by atoms with Crippen molar-refractivity contribution in [3.63, 3.8) is 0 Å². The average molecular weight is 239 g/mol. The van der Waals surface area contributed by atoms with Gasteiger partial charge in [0.2, 0.25) is 0 Å². The van der Waals surface area contributed by atoms with Crippen molar-refractivity contribution >= 4 is 6.21 Å². The van der Waals surface area contributed by atoms with Crippen LogP contribution in [0, 0.1) is 23.2 Å². The van der Waals surface area contributed by atoms with Crippen LogP contribution in [0.2, 0.25) is 0 Å². The number of hydrogen-bond acceptors (Lipinski definition) is 1. The van der Waals surface area contributed by atoms with Crippen LogP contribution in [0.3, 0.4) is 0 Å². The molecule has 1 unspecified atom stereocenters. The van der Waals surface area contributed by atoms with Gasteiger partial charge in [-0.1, -0.05) is 60.8 Å². The van der Waals surface area contributed by atoms with E-state index < -0.39 is 0 Å². The van der Waals surface area contributed by atoms with E-state index in [-0.39, 0.29) is 0 Å². The first-order valence-corrected chi connectivity index (χ1v) is 7.35. The molecule has 0 aliphatic heterocycles. The Kier molecular flexibility index (Phi) is 7.74. The summed E-state index contributed by atoms with van der Waals surface area (Å²) < 4.78 is 0. The van der Waals surface area contributed by atoms with Gasteiger partial charge in [0.15, 0.2) is 0 Å². The molecule has 0 spiro atoms. The smallest absolute Gasteiger partial charge is 0.0273 e. The van der Waals surface area contributed by atoms with Crippen LogP contribution in [0.1, 0.15) is 67.2 Å². The second-order valence-electron chi connectivity index (χ2n) is 6.17. The largest absolute Gasteiger partial charge is 0.301 e. The van der Waals surface area contributed by atoms with E-state index in [4.69, 9.17) is 0 Å². The van der Waals surface area contributed by atoms with Gasteiger partial charge in [0.25, 0.3) is 0 Å². The van der Waals surface area contributed by atoms with Gasteiger partial charge < -0.3 is 4.99 Å². The molecule has 0 aromatic rings. The van der Waals surface area contributed by atoms with Crippen LogP contribution in [0.4, 0.5) is 0 Å². The van der Waals surface area contributed by atoms with Crippen LogP contribution < -0.4 is 0 Å². The fourth-order valence-corrected chi connectivity index (χ4v) is 2.81. The fraction of sp³-hybridized carbons (Fsp3) is 0.938.